The van der Waals surface area contributed by atoms with E-state index in [4.69, 9.17) is 13.9 Å². The summed E-state index contributed by atoms with van der Waals surface area (Å²) < 4.78 is 20.7. The molecule has 0 bridgehead atoms. The summed E-state index contributed by atoms with van der Waals surface area (Å²) in [5.74, 6) is 0. The van der Waals surface area contributed by atoms with Gasteiger partial charge in [-0.1, -0.05) is 158 Å². The second-order valence-electron chi connectivity index (χ2n) is 14.8. The molecule has 2 aromatic rings. The van der Waals surface area contributed by atoms with Crippen LogP contribution in [0.15, 0.2) is 60.7 Å². The van der Waals surface area contributed by atoms with Crippen molar-refractivity contribution >= 4 is 21.6 Å². The van der Waals surface area contributed by atoms with E-state index in [2.05, 4.69) is 115 Å². The Morgan fingerprint density at radius 1 is 0.810 bits per heavy atom. The molecule has 1 heterocycles. The summed E-state index contributed by atoms with van der Waals surface area (Å²) in [6.07, 6.45) is 13.2. The molecule has 0 spiro atoms. The predicted octanol–water partition coefficient (Wildman–Crippen LogP) is 10.3. The van der Waals surface area contributed by atoms with Crippen molar-refractivity contribution in [3.63, 3.8) is 0 Å². The van der Waals surface area contributed by atoms with Gasteiger partial charge in [0.05, 0.1) is 39.6 Å². The number of benzene rings is 2. The van der Waals surface area contributed by atoms with Gasteiger partial charge in [-0.05, 0) is 42.1 Å². The van der Waals surface area contributed by atoms with Gasteiger partial charge in [-0.25, -0.2) is 0 Å². The van der Waals surface area contributed by atoms with Gasteiger partial charge in [0.15, 0.2) is 8.32 Å². The monoisotopic (exact) mass is 610 g/mol. The third-order valence-corrected chi connectivity index (χ3v) is 18.8. The number of hydrogen-bond acceptors (Lipinski definition) is 3. The van der Waals surface area contributed by atoms with Crippen LogP contribution < -0.4 is 5.19 Å². The van der Waals surface area contributed by atoms with Crippen LogP contribution in [0.3, 0.4) is 0 Å². The molecule has 0 aromatic heterocycles. The van der Waals surface area contributed by atoms with Crippen LogP contribution in [-0.2, 0) is 20.5 Å². The Labute approximate surface area is 261 Å². The van der Waals surface area contributed by atoms with Crippen molar-refractivity contribution in [3.05, 3.63) is 66.2 Å². The van der Waals surface area contributed by atoms with Crippen molar-refractivity contribution in [2.45, 2.75) is 154 Å². The van der Waals surface area contributed by atoms with E-state index in [-0.39, 0.29) is 23.4 Å². The summed E-state index contributed by atoms with van der Waals surface area (Å²) in [6, 6.07) is 21.8. The highest BCUT2D eigenvalue weighted by molar-refractivity contribution is 6.91. The molecule has 1 aliphatic rings. The summed E-state index contributed by atoms with van der Waals surface area (Å²) in [5, 5.41) is 1.69. The van der Waals surface area contributed by atoms with E-state index < -0.39 is 16.4 Å². The summed E-state index contributed by atoms with van der Waals surface area (Å²) in [4.78, 5) is 0. The molecule has 3 rings (SSSR count). The summed E-state index contributed by atoms with van der Waals surface area (Å²) in [6.45, 7) is 20.6. The normalized spacial score (nSPS) is 20.6. The number of ether oxygens (including phenoxy) is 2. The van der Waals surface area contributed by atoms with Crippen LogP contribution in [0, 0.1) is 0 Å². The molecule has 0 saturated carbocycles. The first-order chi connectivity index (χ1) is 20.0. The molecule has 236 valence electrons. The third-order valence-electron chi connectivity index (χ3n) is 10.1. The first kappa shape index (κ1) is 35.2. The van der Waals surface area contributed by atoms with Crippen LogP contribution >= 0.6 is 0 Å². The maximum absolute atomic E-state index is 7.32. The fourth-order valence-corrected chi connectivity index (χ4v) is 11.0. The lowest BCUT2D eigenvalue weighted by atomic mass is 10.0. The van der Waals surface area contributed by atoms with E-state index >= 15 is 0 Å². The van der Waals surface area contributed by atoms with E-state index in [1.165, 1.54) is 62.1 Å². The fourth-order valence-electron chi connectivity index (χ4n) is 6.24. The van der Waals surface area contributed by atoms with Gasteiger partial charge in [-0.15, -0.1) is 0 Å². The van der Waals surface area contributed by atoms with Crippen LogP contribution in [-0.4, -0.2) is 41.3 Å². The minimum Gasteiger partial charge on any atom is -0.411 e. The molecule has 1 saturated heterocycles. The second-order valence-corrected chi connectivity index (χ2v) is 24.4. The van der Waals surface area contributed by atoms with Crippen molar-refractivity contribution in [2.75, 3.05) is 6.61 Å². The van der Waals surface area contributed by atoms with Crippen LogP contribution in [0.25, 0.3) is 0 Å². The molecule has 1 aliphatic heterocycles. The molecule has 0 N–H and O–H groups in total. The van der Waals surface area contributed by atoms with Gasteiger partial charge in [0.25, 0.3) is 0 Å². The zero-order chi connectivity index (χ0) is 30.6. The Balaban J connectivity index is 1.78. The first-order valence-electron chi connectivity index (χ1n) is 17.0. The molecular formula is C37H62O3Si2. The standard InChI is InChI=1S/C37H62O3Si2/c1-9-10-11-12-13-14-15-22-27-34(40-42(7,8)37(2,3)4)36-35(41(5,6)33-25-20-17-21-26-33)28-32(39-36)30-38-29-31-23-18-16-19-24-31/h16-21,23-26,32,34-36H,9-15,22,27-30H2,1-8H3/t32-,34+,35-,36+/m1/s1. The highest BCUT2D eigenvalue weighted by Crippen LogP contribution is 2.45. The molecule has 4 atom stereocenters. The molecule has 5 heteroatoms. The minimum absolute atomic E-state index is 0.114. The summed E-state index contributed by atoms with van der Waals surface area (Å²) in [7, 11) is -3.84. The predicted molar refractivity (Wildman–Crippen MR) is 186 cm³/mol. The topological polar surface area (TPSA) is 27.7 Å². The Kier molecular flexibility index (Phi) is 14.0. The average molecular weight is 611 g/mol. The van der Waals surface area contributed by atoms with Gasteiger partial charge in [0.1, 0.15) is 0 Å². The van der Waals surface area contributed by atoms with Crippen molar-refractivity contribution in [1.29, 1.82) is 0 Å². The van der Waals surface area contributed by atoms with Gasteiger partial charge in [-0.2, -0.15) is 0 Å². The van der Waals surface area contributed by atoms with E-state index in [1.54, 1.807) is 0 Å². The van der Waals surface area contributed by atoms with Crippen LogP contribution in [0.5, 0.6) is 0 Å². The lowest BCUT2D eigenvalue weighted by molar-refractivity contribution is -0.0614. The molecule has 1 fully saturated rings. The lowest BCUT2D eigenvalue weighted by Gasteiger charge is -2.43. The van der Waals surface area contributed by atoms with E-state index in [1.807, 2.05) is 0 Å². The lowest BCUT2D eigenvalue weighted by Crippen LogP contribution is -2.53. The Morgan fingerprint density at radius 3 is 1.98 bits per heavy atom. The van der Waals surface area contributed by atoms with Crippen molar-refractivity contribution in [1.82, 2.24) is 0 Å². The van der Waals surface area contributed by atoms with Gasteiger partial charge in [0, 0.05) is 0 Å². The van der Waals surface area contributed by atoms with Gasteiger partial charge < -0.3 is 13.9 Å². The third kappa shape index (κ3) is 10.4. The smallest absolute Gasteiger partial charge is 0.192 e. The number of rotatable bonds is 18. The zero-order valence-corrected chi connectivity index (χ0v) is 30.3. The Morgan fingerprint density at radius 2 is 1.38 bits per heavy atom. The molecule has 0 amide bonds. The highest BCUT2D eigenvalue weighted by atomic mass is 28.4. The molecule has 0 aliphatic carbocycles. The van der Waals surface area contributed by atoms with E-state index in [0.717, 1.165) is 12.8 Å². The van der Waals surface area contributed by atoms with Crippen LogP contribution in [0.1, 0.15) is 97.5 Å². The summed E-state index contributed by atoms with van der Waals surface area (Å²) >= 11 is 0. The number of unbranched alkanes of at least 4 members (excludes halogenated alkanes) is 7. The van der Waals surface area contributed by atoms with E-state index in [9.17, 15) is 0 Å². The van der Waals surface area contributed by atoms with Gasteiger partial charge >= 0.3 is 0 Å². The average Bonchev–Trinajstić information content (AvgIpc) is 3.39. The van der Waals surface area contributed by atoms with Crippen molar-refractivity contribution < 1.29 is 13.9 Å². The SMILES string of the molecule is CCCCCCCCCC[C@H](O[Si](C)(C)C(C)(C)C)[C@@H]1O[C@@H](COCc2ccccc2)C[C@H]1[Si](C)(C)c1ccccc1. The second kappa shape index (κ2) is 16.7. The molecule has 0 unspecified atom stereocenters. The molecular weight excluding hydrogens is 549 g/mol. The van der Waals surface area contributed by atoms with Gasteiger partial charge in [0.2, 0.25) is 0 Å². The highest BCUT2D eigenvalue weighted by Gasteiger charge is 2.51. The largest absolute Gasteiger partial charge is 0.411 e. The quantitative estimate of drug-likeness (QED) is 0.124. The first-order valence-corrected chi connectivity index (χ1v) is 22.9. The zero-order valence-electron chi connectivity index (χ0n) is 28.3. The molecule has 42 heavy (non-hydrogen) atoms. The maximum atomic E-state index is 7.32. The molecule has 2 aromatic carbocycles. The van der Waals surface area contributed by atoms with E-state index in [0.29, 0.717) is 18.8 Å². The van der Waals surface area contributed by atoms with Gasteiger partial charge in [-0.3, -0.25) is 0 Å². The summed E-state index contributed by atoms with van der Waals surface area (Å²) in [5.41, 5.74) is 1.71. The van der Waals surface area contributed by atoms with Crippen LogP contribution in [0.4, 0.5) is 0 Å². The minimum atomic E-state index is -1.98. The molecule has 3 nitrogen and oxygen atoms in total. The Bertz CT molecular complexity index is 1000. The van der Waals surface area contributed by atoms with Crippen molar-refractivity contribution in [2.24, 2.45) is 0 Å². The molecule has 0 radical (unpaired) electrons. The maximum Gasteiger partial charge on any atom is 0.192 e. The Hall–Kier alpha value is -1.25. The number of hydrogen-bond donors (Lipinski definition) is 0. The van der Waals surface area contributed by atoms with Crippen molar-refractivity contribution in [3.8, 4) is 0 Å². The fraction of sp³-hybridized carbons (Fsp3) is 0.676. The van der Waals surface area contributed by atoms with Crippen LogP contribution in [0.2, 0.25) is 36.8 Å².